The van der Waals surface area contributed by atoms with Gasteiger partial charge in [0.15, 0.2) is 0 Å². The number of carbonyl (C=O) groups excluding carboxylic acids is 4. The summed E-state index contributed by atoms with van der Waals surface area (Å²) in [5, 5.41) is 0. The summed E-state index contributed by atoms with van der Waals surface area (Å²) < 4.78 is 5.55. The lowest BCUT2D eigenvalue weighted by atomic mass is 9.82. The average Bonchev–Trinajstić information content (AvgIpc) is 3.33. The van der Waals surface area contributed by atoms with Crippen molar-refractivity contribution in [3.8, 4) is 5.75 Å². The molecule has 35 heavy (non-hydrogen) atoms. The van der Waals surface area contributed by atoms with Crippen molar-refractivity contribution in [2.75, 3.05) is 16.3 Å². The van der Waals surface area contributed by atoms with E-state index in [0.717, 1.165) is 22.4 Å². The maximum Gasteiger partial charge on any atom is 0.316 e. The second-order valence-electron chi connectivity index (χ2n) is 9.83. The van der Waals surface area contributed by atoms with Gasteiger partial charge in [0.25, 0.3) is 0 Å². The van der Waals surface area contributed by atoms with Crippen molar-refractivity contribution >= 4 is 35.1 Å². The minimum atomic E-state index is -0.567. The van der Waals surface area contributed by atoms with Gasteiger partial charge in [0.2, 0.25) is 17.7 Å². The summed E-state index contributed by atoms with van der Waals surface area (Å²) in [6.07, 6.45) is 3.33. The number of anilines is 2. The molecule has 5 rings (SSSR count). The van der Waals surface area contributed by atoms with E-state index < -0.39 is 11.9 Å². The Morgan fingerprint density at radius 3 is 2.37 bits per heavy atom. The molecule has 3 atom stereocenters. The first-order valence-corrected chi connectivity index (χ1v) is 12.0. The summed E-state index contributed by atoms with van der Waals surface area (Å²) in [5.41, 5.74) is 4.46. The van der Waals surface area contributed by atoms with Crippen molar-refractivity contribution in [3.63, 3.8) is 0 Å². The molecule has 0 unspecified atom stereocenters. The number of allylic oxidation sites excluding steroid dienone is 2. The summed E-state index contributed by atoms with van der Waals surface area (Å²) in [6, 6.07) is 12.3. The highest BCUT2D eigenvalue weighted by Gasteiger charge is 2.48. The van der Waals surface area contributed by atoms with Crippen LogP contribution < -0.4 is 14.5 Å². The van der Waals surface area contributed by atoms with Crippen molar-refractivity contribution in [2.24, 2.45) is 17.8 Å². The number of carbonyl (C=O) groups is 4. The fourth-order valence-corrected chi connectivity index (χ4v) is 5.26. The van der Waals surface area contributed by atoms with Gasteiger partial charge in [-0.3, -0.25) is 24.1 Å². The summed E-state index contributed by atoms with van der Waals surface area (Å²) >= 11 is 0. The molecule has 1 aliphatic carbocycles. The van der Waals surface area contributed by atoms with Crippen molar-refractivity contribution < 1.29 is 23.9 Å². The Hall–Kier alpha value is -3.74. The van der Waals surface area contributed by atoms with E-state index in [1.54, 1.807) is 29.2 Å². The molecule has 3 amide bonds. The maximum atomic E-state index is 12.9. The third kappa shape index (κ3) is 4.16. The molecule has 0 N–H and O–H groups in total. The number of rotatable bonds is 4. The lowest BCUT2D eigenvalue weighted by molar-refractivity contribution is -0.139. The van der Waals surface area contributed by atoms with Crippen LogP contribution in [-0.2, 0) is 19.2 Å². The van der Waals surface area contributed by atoms with Gasteiger partial charge in [-0.05, 0) is 75.1 Å². The fourth-order valence-electron chi connectivity index (χ4n) is 5.26. The Bertz CT molecular complexity index is 1260. The zero-order valence-corrected chi connectivity index (χ0v) is 20.1. The molecule has 2 aromatic rings. The van der Waals surface area contributed by atoms with E-state index in [1.165, 1.54) is 4.90 Å². The molecular formula is C28H28N2O5. The molecule has 7 heteroatoms. The lowest BCUT2D eigenvalue weighted by Crippen LogP contribution is -2.30. The molecule has 0 spiro atoms. The van der Waals surface area contributed by atoms with Gasteiger partial charge in [-0.2, -0.15) is 0 Å². The van der Waals surface area contributed by atoms with Crippen molar-refractivity contribution in [1.29, 1.82) is 0 Å². The van der Waals surface area contributed by atoms with E-state index in [1.807, 2.05) is 45.0 Å². The highest BCUT2D eigenvalue weighted by molar-refractivity contribution is 6.22. The number of amides is 3. The topological polar surface area (TPSA) is 84.0 Å². The van der Waals surface area contributed by atoms with Crippen molar-refractivity contribution in [2.45, 2.75) is 40.0 Å². The van der Waals surface area contributed by atoms with E-state index in [4.69, 9.17) is 4.74 Å². The first-order chi connectivity index (χ1) is 16.7. The Labute approximate surface area is 204 Å². The summed E-state index contributed by atoms with van der Waals surface area (Å²) in [5.74, 6) is -1.78. The second kappa shape index (κ2) is 8.80. The predicted octanol–water partition coefficient (Wildman–Crippen LogP) is 4.11. The number of fused-ring (bicyclic) bond motifs is 1. The Kier molecular flexibility index (Phi) is 5.79. The van der Waals surface area contributed by atoms with Crippen LogP contribution in [0.4, 0.5) is 11.4 Å². The van der Waals surface area contributed by atoms with Crippen LogP contribution in [-0.4, -0.2) is 30.2 Å². The van der Waals surface area contributed by atoms with Gasteiger partial charge in [-0.15, -0.1) is 0 Å². The van der Waals surface area contributed by atoms with Crippen molar-refractivity contribution in [1.82, 2.24) is 0 Å². The molecule has 2 fully saturated rings. The molecule has 3 aliphatic rings. The van der Waals surface area contributed by atoms with Gasteiger partial charge in [-0.25, -0.2) is 0 Å². The second-order valence-corrected chi connectivity index (χ2v) is 9.83. The summed E-state index contributed by atoms with van der Waals surface area (Å²) in [4.78, 5) is 54.1. The predicted molar refractivity (Wildman–Crippen MR) is 131 cm³/mol. The highest BCUT2D eigenvalue weighted by atomic mass is 16.5. The molecule has 0 saturated carbocycles. The largest absolute Gasteiger partial charge is 0.426 e. The van der Waals surface area contributed by atoms with Crippen LogP contribution in [0.15, 0.2) is 54.1 Å². The summed E-state index contributed by atoms with van der Waals surface area (Å²) in [6.45, 7) is 6.16. The van der Waals surface area contributed by atoms with E-state index in [-0.39, 0.29) is 42.5 Å². The minimum Gasteiger partial charge on any atom is -0.426 e. The number of benzene rings is 2. The molecule has 0 aromatic heterocycles. The van der Waals surface area contributed by atoms with E-state index in [2.05, 4.69) is 0 Å². The van der Waals surface area contributed by atoms with Crippen LogP contribution in [0.2, 0.25) is 0 Å². The third-order valence-electron chi connectivity index (χ3n) is 7.25. The SMILES string of the molecule is CC1=CC[C@@H]2C(=O)N(c3ccc(OC(=O)[C@H]4CC(=O)N(c5cc(C)ccc5C)C4)cc3)C(=O)[C@@H]2C1. The van der Waals surface area contributed by atoms with E-state index in [0.29, 0.717) is 24.3 Å². The maximum absolute atomic E-state index is 12.9. The molecular weight excluding hydrogens is 444 g/mol. The number of aryl methyl sites for hydroxylation is 2. The molecule has 2 aromatic carbocycles. The molecule has 2 aliphatic heterocycles. The zero-order valence-electron chi connectivity index (χ0n) is 20.1. The standard InChI is InChI=1S/C28H28N2O5/c1-16-5-11-22-23(12-16)27(33)30(26(22)32)20-7-9-21(10-8-20)35-28(34)19-14-25(31)29(15-19)24-13-17(2)4-6-18(24)3/h4-10,13,19,22-23H,11-12,14-15H2,1-3H3/t19-,22-,23+/m0/s1. The first kappa shape index (κ1) is 23.0. The smallest absolute Gasteiger partial charge is 0.316 e. The van der Waals surface area contributed by atoms with Gasteiger partial charge >= 0.3 is 5.97 Å². The number of imide groups is 1. The molecule has 0 bridgehead atoms. The van der Waals surface area contributed by atoms with Crippen LogP contribution in [0.25, 0.3) is 0 Å². The van der Waals surface area contributed by atoms with Gasteiger partial charge < -0.3 is 9.64 Å². The molecule has 7 nitrogen and oxygen atoms in total. The van der Waals surface area contributed by atoms with Crippen molar-refractivity contribution in [3.05, 3.63) is 65.2 Å². The molecule has 180 valence electrons. The monoisotopic (exact) mass is 472 g/mol. The fraction of sp³-hybridized carbons (Fsp3) is 0.357. The number of nitrogens with zero attached hydrogens (tertiary/aromatic N) is 2. The van der Waals surface area contributed by atoms with Crippen LogP contribution in [0.5, 0.6) is 5.75 Å². The van der Waals surface area contributed by atoms with Gasteiger partial charge in [-0.1, -0.05) is 23.8 Å². The Morgan fingerprint density at radius 1 is 0.914 bits per heavy atom. The normalized spacial score (nSPS) is 24.0. The zero-order chi connectivity index (χ0) is 24.9. The number of hydrogen-bond acceptors (Lipinski definition) is 5. The molecule has 2 heterocycles. The minimum absolute atomic E-state index is 0.0946. The van der Waals surface area contributed by atoms with Gasteiger partial charge in [0.05, 0.1) is 23.4 Å². The lowest BCUT2D eigenvalue weighted by Gasteiger charge is -2.19. The van der Waals surface area contributed by atoms with E-state index >= 15 is 0 Å². The van der Waals surface area contributed by atoms with Crippen LogP contribution in [0.1, 0.15) is 37.3 Å². The van der Waals surface area contributed by atoms with E-state index in [9.17, 15) is 19.2 Å². The number of esters is 1. The number of hydrogen-bond donors (Lipinski definition) is 0. The first-order valence-electron chi connectivity index (χ1n) is 12.0. The Balaban J connectivity index is 1.25. The average molecular weight is 473 g/mol. The van der Waals surface area contributed by atoms with Crippen LogP contribution in [0, 0.1) is 31.6 Å². The van der Waals surface area contributed by atoms with Crippen LogP contribution >= 0.6 is 0 Å². The van der Waals surface area contributed by atoms with Crippen LogP contribution in [0.3, 0.4) is 0 Å². The quantitative estimate of drug-likeness (QED) is 0.289. The molecule has 0 radical (unpaired) electrons. The Morgan fingerprint density at radius 2 is 1.63 bits per heavy atom. The molecule has 2 saturated heterocycles. The highest BCUT2D eigenvalue weighted by Crippen LogP contribution is 2.40. The van der Waals surface area contributed by atoms with Gasteiger partial charge in [0, 0.05) is 18.7 Å². The third-order valence-corrected chi connectivity index (χ3v) is 7.25. The summed E-state index contributed by atoms with van der Waals surface area (Å²) in [7, 11) is 0. The number of ether oxygens (including phenoxy) is 1. The van der Waals surface area contributed by atoms with Gasteiger partial charge in [0.1, 0.15) is 5.75 Å².